The summed E-state index contributed by atoms with van der Waals surface area (Å²) in [5.74, 6) is 0.386. The number of nitrogens with zero attached hydrogens (tertiary/aromatic N) is 1. The van der Waals surface area contributed by atoms with Crippen LogP contribution < -0.4 is 10.1 Å². The van der Waals surface area contributed by atoms with E-state index in [2.05, 4.69) is 29.4 Å². The molecule has 1 aliphatic carbocycles. The van der Waals surface area contributed by atoms with Crippen LogP contribution in [0.25, 0.3) is 16.8 Å². The molecule has 0 saturated heterocycles. The van der Waals surface area contributed by atoms with Crippen LogP contribution in [0, 0.1) is 18.6 Å². The molecule has 0 radical (unpaired) electrons. The lowest BCUT2D eigenvalue weighted by Gasteiger charge is -2.14. The van der Waals surface area contributed by atoms with Gasteiger partial charge >= 0.3 is 0 Å². The van der Waals surface area contributed by atoms with Gasteiger partial charge in [0.1, 0.15) is 23.2 Å². The number of aromatic nitrogens is 1. The standard InChI is InChI=1S/C24H20F2N2O/c1-14-11-21-16(9-10-29-21)12-18(14)17-7-8-22(27-13-17)28-24(15-5-6-15)23-19(25)3-2-4-20(23)26/h2-4,7-8,11-13H,5-6,9-10H2,1H3,(H,27,28). The van der Waals surface area contributed by atoms with Gasteiger partial charge in [0, 0.05) is 18.2 Å². The number of hydrogen-bond donors (Lipinski definition) is 1. The van der Waals surface area contributed by atoms with Crippen molar-refractivity contribution in [2.45, 2.75) is 26.2 Å². The van der Waals surface area contributed by atoms with Crippen LogP contribution in [0.2, 0.25) is 0 Å². The van der Waals surface area contributed by atoms with E-state index >= 15 is 0 Å². The average molecular weight is 390 g/mol. The zero-order valence-corrected chi connectivity index (χ0v) is 16.1. The molecule has 1 fully saturated rings. The van der Waals surface area contributed by atoms with Crippen LogP contribution in [-0.4, -0.2) is 11.6 Å². The molecule has 1 aromatic heterocycles. The molecule has 0 bridgehead atoms. The Kier molecular flexibility index (Phi) is 4.31. The quantitative estimate of drug-likeness (QED) is 0.603. The van der Waals surface area contributed by atoms with Gasteiger partial charge < -0.3 is 10.1 Å². The molecule has 2 heterocycles. The summed E-state index contributed by atoms with van der Waals surface area (Å²) in [5, 5.41) is 3.14. The molecule has 2 aliphatic rings. The van der Waals surface area contributed by atoms with Gasteiger partial charge in [0.25, 0.3) is 0 Å². The second-order valence-electron chi connectivity index (χ2n) is 7.51. The Labute approximate surface area is 168 Å². The summed E-state index contributed by atoms with van der Waals surface area (Å²) < 4.78 is 34.2. The van der Waals surface area contributed by atoms with Crippen LogP contribution in [0.15, 0.2) is 54.2 Å². The topological polar surface area (TPSA) is 34.2 Å². The van der Waals surface area contributed by atoms with Gasteiger partial charge in [0.05, 0.1) is 17.9 Å². The Bertz CT molecular complexity index is 1110. The number of hydrogen-bond acceptors (Lipinski definition) is 3. The van der Waals surface area contributed by atoms with Crippen LogP contribution in [0.5, 0.6) is 5.75 Å². The number of allylic oxidation sites excluding steroid dienone is 1. The van der Waals surface area contributed by atoms with E-state index in [4.69, 9.17) is 4.74 Å². The van der Waals surface area contributed by atoms with Crippen molar-refractivity contribution in [2.24, 2.45) is 0 Å². The van der Waals surface area contributed by atoms with Crippen LogP contribution >= 0.6 is 0 Å². The van der Waals surface area contributed by atoms with Crippen molar-refractivity contribution in [3.05, 3.63) is 82.6 Å². The van der Waals surface area contributed by atoms with E-state index in [1.165, 1.54) is 23.8 Å². The summed E-state index contributed by atoms with van der Waals surface area (Å²) in [6.45, 7) is 2.78. The second-order valence-corrected chi connectivity index (χ2v) is 7.51. The monoisotopic (exact) mass is 390 g/mol. The summed E-state index contributed by atoms with van der Waals surface area (Å²) in [5.41, 5.74) is 5.95. The van der Waals surface area contributed by atoms with Crippen molar-refractivity contribution in [2.75, 3.05) is 11.9 Å². The highest BCUT2D eigenvalue weighted by molar-refractivity contribution is 5.81. The Morgan fingerprint density at radius 3 is 2.52 bits per heavy atom. The molecule has 2 aromatic carbocycles. The SMILES string of the molecule is Cc1cc2c(cc1-c1ccc(NC(=C3CC3)c3c(F)cccc3F)nc1)CCO2. The minimum absolute atomic E-state index is 0.0136. The first kappa shape index (κ1) is 17.9. The van der Waals surface area contributed by atoms with Crippen molar-refractivity contribution in [1.29, 1.82) is 0 Å². The van der Waals surface area contributed by atoms with Gasteiger partial charge in [-0.3, -0.25) is 0 Å². The maximum atomic E-state index is 14.3. The number of anilines is 1. The fourth-order valence-electron chi connectivity index (χ4n) is 3.77. The first-order chi connectivity index (χ1) is 14.1. The fourth-order valence-corrected chi connectivity index (χ4v) is 3.77. The maximum Gasteiger partial charge on any atom is 0.135 e. The molecule has 146 valence electrons. The van der Waals surface area contributed by atoms with E-state index in [1.807, 2.05) is 12.1 Å². The molecule has 29 heavy (non-hydrogen) atoms. The van der Waals surface area contributed by atoms with E-state index in [9.17, 15) is 8.78 Å². The van der Waals surface area contributed by atoms with Crippen molar-refractivity contribution in [3.8, 4) is 16.9 Å². The van der Waals surface area contributed by atoms with Crippen molar-refractivity contribution < 1.29 is 13.5 Å². The summed E-state index contributed by atoms with van der Waals surface area (Å²) in [6, 6.07) is 12.0. The van der Waals surface area contributed by atoms with Gasteiger partial charge in [0.2, 0.25) is 0 Å². The predicted octanol–water partition coefficient (Wildman–Crippen LogP) is 5.89. The number of aryl methyl sites for hydroxylation is 1. The second kappa shape index (κ2) is 6.99. The highest BCUT2D eigenvalue weighted by Crippen LogP contribution is 2.39. The average Bonchev–Trinajstić information content (AvgIpc) is 3.45. The molecule has 3 aromatic rings. The Balaban J connectivity index is 1.45. The molecule has 0 unspecified atom stereocenters. The minimum Gasteiger partial charge on any atom is -0.493 e. The third-order valence-electron chi connectivity index (χ3n) is 5.43. The third-order valence-corrected chi connectivity index (χ3v) is 5.43. The van der Waals surface area contributed by atoms with E-state index < -0.39 is 11.6 Å². The van der Waals surface area contributed by atoms with Crippen molar-refractivity contribution in [3.63, 3.8) is 0 Å². The largest absolute Gasteiger partial charge is 0.493 e. The Morgan fingerprint density at radius 1 is 1.03 bits per heavy atom. The van der Waals surface area contributed by atoms with Gasteiger partial charge in [-0.25, -0.2) is 13.8 Å². The number of nitrogens with one attached hydrogen (secondary N) is 1. The highest BCUT2D eigenvalue weighted by atomic mass is 19.1. The molecular formula is C24H20F2N2O. The van der Waals surface area contributed by atoms with Crippen molar-refractivity contribution >= 4 is 11.5 Å². The van der Waals surface area contributed by atoms with Crippen molar-refractivity contribution in [1.82, 2.24) is 4.98 Å². The summed E-state index contributed by atoms with van der Waals surface area (Å²) >= 11 is 0. The molecular weight excluding hydrogens is 370 g/mol. The molecule has 0 spiro atoms. The number of halogens is 2. The first-order valence-corrected chi connectivity index (χ1v) is 9.76. The van der Waals surface area contributed by atoms with E-state index in [0.717, 1.165) is 53.9 Å². The van der Waals surface area contributed by atoms with Crippen LogP contribution in [-0.2, 0) is 6.42 Å². The molecule has 1 saturated carbocycles. The van der Waals surface area contributed by atoms with Gasteiger partial charge in [0.15, 0.2) is 0 Å². The van der Waals surface area contributed by atoms with E-state index in [1.54, 1.807) is 6.20 Å². The third kappa shape index (κ3) is 3.37. The molecule has 0 atom stereocenters. The van der Waals surface area contributed by atoms with E-state index in [0.29, 0.717) is 11.5 Å². The minimum atomic E-state index is -0.570. The zero-order chi connectivity index (χ0) is 20.0. The summed E-state index contributed by atoms with van der Waals surface area (Å²) in [7, 11) is 0. The summed E-state index contributed by atoms with van der Waals surface area (Å²) in [6.07, 6.45) is 4.38. The highest BCUT2D eigenvalue weighted by Gasteiger charge is 2.24. The van der Waals surface area contributed by atoms with Gasteiger partial charge in [-0.15, -0.1) is 0 Å². The number of fused-ring (bicyclic) bond motifs is 1. The lowest BCUT2D eigenvalue weighted by Crippen LogP contribution is -2.05. The van der Waals surface area contributed by atoms with Crippen LogP contribution in [0.4, 0.5) is 14.6 Å². The number of rotatable bonds is 4. The zero-order valence-electron chi connectivity index (χ0n) is 16.1. The molecule has 1 aliphatic heterocycles. The Morgan fingerprint density at radius 2 is 1.83 bits per heavy atom. The first-order valence-electron chi connectivity index (χ1n) is 9.76. The molecule has 1 N–H and O–H groups in total. The predicted molar refractivity (Wildman–Crippen MR) is 110 cm³/mol. The molecule has 5 heteroatoms. The van der Waals surface area contributed by atoms with Crippen LogP contribution in [0.1, 0.15) is 29.5 Å². The normalized spacial score (nSPS) is 14.4. The molecule has 3 nitrogen and oxygen atoms in total. The molecule has 5 rings (SSSR count). The van der Waals surface area contributed by atoms with Gasteiger partial charge in [-0.1, -0.05) is 6.07 Å². The smallest absolute Gasteiger partial charge is 0.135 e. The number of benzene rings is 2. The Hall–Kier alpha value is -3.21. The summed E-state index contributed by atoms with van der Waals surface area (Å²) in [4.78, 5) is 4.50. The maximum absolute atomic E-state index is 14.3. The van der Waals surface area contributed by atoms with Gasteiger partial charge in [-0.05, 0) is 78.4 Å². The lowest BCUT2D eigenvalue weighted by atomic mass is 9.98. The fraction of sp³-hybridized carbons (Fsp3) is 0.208. The number of ether oxygens (including phenoxy) is 1. The number of pyridine rings is 1. The van der Waals surface area contributed by atoms with Crippen LogP contribution in [0.3, 0.4) is 0 Å². The lowest BCUT2D eigenvalue weighted by molar-refractivity contribution is 0.356. The van der Waals surface area contributed by atoms with Gasteiger partial charge in [-0.2, -0.15) is 0 Å². The molecule has 0 amide bonds. The van der Waals surface area contributed by atoms with E-state index in [-0.39, 0.29) is 5.56 Å².